The van der Waals surface area contributed by atoms with Crippen molar-refractivity contribution in [2.75, 3.05) is 32.1 Å². The van der Waals surface area contributed by atoms with Crippen LogP contribution in [0.3, 0.4) is 0 Å². The third-order valence-corrected chi connectivity index (χ3v) is 4.75. The van der Waals surface area contributed by atoms with E-state index in [-0.39, 0.29) is 17.3 Å². The fourth-order valence-corrected chi connectivity index (χ4v) is 2.49. The van der Waals surface area contributed by atoms with Crippen molar-refractivity contribution >= 4 is 15.8 Å². The van der Waals surface area contributed by atoms with E-state index in [1.807, 2.05) is 11.9 Å². The Kier molecular flexibility index (Phi) is 6.61. The highest BCUT2D eigenvalue weighted by Crippen LogP contribution is 2.05. The van der Waals surface area contributed by atoms with Crippen molar-refractivity contribution in [2.24, 2.45) is 4.99 Å². The van der Waals surface area contributed by atoms with E-state index in [1.54, 1.807) is 26.1 Å². The number of hydrogen-bond donors (Lipinski definition) is 1. The average Bonchev–Trinajstić information content (AvgIpc) is 2.46. The fraction of sp³-hybridized carbons (Fsp3) is 0.500. The van der Waals surface area contributed by atoms with Gasteiger partial charge in [0.2, 0.25) is 0 Å². The van der Waals surface area contributed by atoms with Crippen LogP contribution in [-0.2, 0) is 16.4 Å². The van der Waals surface area contributed by atoms with E-state index < -0.39 is 9.84 Å². The largest absolute Gasteiger partial charge is 0.355 e. The van der Waals surface area contributed by atoms with Gasteiger partial charge in [0, 0.05) is 32.9 Å². The van der Waals surface area contributed by atoms with Crippen LogP contribution in [0.25, 0.3) is 0 Å². The zero-order valence-electron chi connectivity index (χ0n) is 12.6. The minimum atomic E-state index is -2.99. The van der Waals surface area contributed by atoms with Gasteiger partial charge in [0.05, 0.1) is 5.75 Å². The number of rotatable bonds is 6. The van der Waals surface area contributed by atoms with E-state index in [2.05, 4.69) is 10.3 Å². The summed E-state index contributed by atoms with van der Waals surface area (Å²) in [6.07, 6.45) is 0. The Morgan fingerprint density at radius 3 is 2.48 bits per heavy atom. The summed E-state index contributed by atoms with van der Waals surface area (Å²) in [7, 11) is 0.487. The average molecular weight is 315 g/mol. The van der Waals surface area contributed by atoms with Gasteiger partial charge in [0.15, 0.2) is 15.8 Å². The van der Waals surface area contributed by atoms with Crippen molar-refractivity contribution in [3.63, 3.8) is 0 Å². The van der Waals surface area contributed by atoms with Gasteiger partial charge in [-0.1, -0.05) is 19.1 Å². The summed E-state index contributed by atoms with van der Waals surface area (Å²) in [5, 5.41) is 3.01. The van der Waals surface area contributed by atoms with Gasteiger partial charge in [-0.25, -0.2) is 12.8 Å². The van der Waals surface area contributed by atoms with Crippen LogP contribution in [0.1, 0.15) is 12.5 Å². The molecule has 21 heavy (non-hydrogen) atoms. The molecule has 0 aliphatic carbocycles. The van der Waals surface area contributed by atoms with Crippen LogP contribution in [-0.4, -0.2) is 51.4 Å². The summed E-state index contributed by atoms with van der Waals surface area (Å²) in [5.41, 5.74) is 0.947. The number of benzene rings is 1. The van der Waals surface area contributed by atoms with Crippen LogP contribution in [0.2, 0.25) is 0 Å². The quantitative estimate of drug-likeness (QED) is 0.634. The van der Waals surface area contributed by atoms with Gasteiger partial charge < -0.3 is 10.2 Å². The molecule has 1 N–H and O–H groups in total. The maximum Gasteiger partial charge on any atom is 0.193 e. The normalized spacial score (nSPS) is 12.3. The molecule has 0 aliphatic heterocycles. The Hall–Kier alpha value is -1.63. The summed E-state index contributed by atoms with van der Waals surface area (Å²) in [4.78, 5) is 5.96. The highest BCUT2D eigenvalue weighted by Gasteiger charge is 2.10. The fourth-order valence-electron chi connectivity index (χ4n) is 1.79. The topological polar surface area (TPSA) is 61.8 Å². The molecule has 0 saturated carbocycles. The molecule has 0 radical (unpaired) electrons. The Bertz CT molecular complexity index is 570. The van der Waals surface area contributed by atoms with Crippen LogP contribution in [0, 0.1) is 5.82 Å². The van der Waals surface area contributed by atoms with E-state index in [9.17, 15) is 12.8 Å². The van der Waals surface area contributed by atoms with Crippen molar-refractivity contribution in [3.05, 3.63) is 35.6 Å². The van der Waals surface area contributed by atoms with Crippen LogP contribution < -0.4 is 5.32 Å². The molecule has 0 heterocycles. The minimum Gasteiger partial charge on any atom is -0.355 e. The van der Waals surface area contributed by atoms with Crippen molar-refractivity contribution in [3.8, 4) is 0 Å². The van der Waals surface area contributed by atoms with Crippen LogP contribution in [0.15, 0.2) is 29.3 Å². The Balaban J connectivity index is 2.54. The predicted molar refractivity (Wildman–Crippen MR) is 83.6 cm³/mol. The molecule has 0 atom stereocenters. The molecule has 0 saturated heterocycles. The van der Waals surface area contributed by atoms with Gasteiger partial charge in [-0.15, -0.1) is 0 Å². The number of aliphatic imine (C=N–C) groups is 1. The first-order valence-electron chi connectivity index (χ1n) is 6.74. The zero-order chi connectivity index (χ0) is 15.9. The van der Waals surface area contributed by atoms with Crippen LogP contribution in [0.5, 0.6) is 0 Å². The second-order valence-corrected chi connectivity index (χ2v) is 7.17. The zero-order valence-corrected chi connectivity index (χ0v) is 13.5. The second kappa shape index (κ2) is 7.97. The Morgan fingerprint density at radius 1 is 1.33 bits per heavy atom. The van der Waals surface area contributed by atoms with Gasteiger partial charge in [-0.2, -0.15) is 0 Å². The van der Waals surface area contributed by atoms with Gasteiger partial charge in [-0.05, 0) is 17.7 Å². The SMILES string of the molecule is CCS(=O)(=O)CCNC(=NC)N(C)Cc1ccc(F)cc1. The minimum absolute atomic E-state index is 0.0763. The van der Waals surface area contributed by atoms with Crippen molar-refractivity contribution < 1.29 is 12.8 Å². The maximum atomic E-state index is 12.9. The highest BCUT2D eigenvalue weighted by molar-refractivity contribution is 7.91. The first kappa shape index (κ1) is 17.4. The first-order valence-corrected chi connectivity index (χ1v) is 8.56. The van der Waals surface area contributed by atoms with Crippen LogP contribution in [0.4, 0.5) is 4.39 Å². The lowest BCUT2D eigenvalue weighted by atomic mass is 10.2. The summed E-state index contributed by atoms with van der Waals surface area (Å²) >= 11 is 0. The third-order valence-electron chi connectivity index (χ3n) is 3.04. The molecule has 5 nitrogen and oxygen atoms in total. The van der Waals surface area contributed by atoms with E-state index >= 15 is 0 Å². The molecule has 1 aromatic rings. The number of halogens is 1. The van der Waals surface area contributed by atoms with Crippen molar-refractivity contribution in [2.45, 2.75) is 13.5 Å². The molecule has 0 unspecified atom stereocenters. The molecule has 0 spiro atoms. The van der Waals surface area contributed by atoms with Crippen molar-refractivity contribution in [1.29, 1.82) is 0 Å². The molecule has 1 rings (SSSR count). The van der Waals surface area contributed by atoms with E-state index in [1.165, 1.54) is 12.1 Å². The maximum absolute atomic E-state index is 12.9. The summed E-state index contributed by atoms with van der Waals surface area (Å²) in [5.74, 6) is 0.547. The number of hydrogen-bond acceptors (Lipinski definition) is 3. The lowest BCUT2D eigenvalue weighted by Gasteiger charge is -2.22. The first-order chi connectivity index (χ1) is 9.88. The van der Waals surface area contributed by atoms with E-state index in [0.717, 1.165) is 5.56 Å². The number of nitrogens with zero attached hydrogens (tertiary/aromatic N) is 2. The molecule has 0 amide bonds. The summed E-state index contributed by atoms with van der Waals surface area (Å²) < 4.78 is 35.7. The molecular weight excluding hydrogens is 293 g/mol. The van der Waals surface area contributed by atoms with Crippen LogP contribution >= 0.6 is 0 Å². The third kappa shape index (κ3) is 6.12. The lowest BCUT2D eigenvalue weighted by molar-refractivity contribution is 0.478. The number of nitrogens with one attached hydrogen (secondary N) is 1. The lowest BCUT2D eigenvalue weighted by Crippen LogP contribution is -2.40. The summed E-state index contributed by atoms with van der Waals surface area (Å²) in [6, 6.07) is 6.24. The second-order valence-electron chi connectivity index (χ2n) is 4.69. The Morgan fingerprint density at radius 2 is 1.95 bits per heavy atom. The molecule has 0 bridgehead atoms. The molecule has 0 fully saturated rings. The van der Waals surface area contributed by atoms with Gasteiger partial charge >= 0.3 is 0 Å². The van der Waals surface area contributed by atoms with Gasteiger partial charge in [0.25, 0.3) is 0 Å². The molecular formula is C14H22FN3O2S. The highest BCUT2D eigenvalue weighted by atomic mass is 32.2. The van der Waals surface area contributed by atoms with Crippen molar-refractivity contribution in [1.82, 2.24) is 10.2 Å². The monoisotopic (exact) mass is 315 g/mol. The Labute approximate surface area is 125 Å². The summed E-state index contributed by atoms with van der Waals surface area (Å²) in [6.45, 7) is 2.50. The smallest absolute Gasteiger partial charge is 0.193 e. The van der Waals surface area contributed by atoms with E-state index in [0.29, 0.717) is 19.0 Å². The predicted octanol–water partition coefficient (Wildman–Crippen LogP) is 1.27. The number of guanidine groups is 1. The molecule has 118 valence electrons. The van der Waals surface area contributed by atoms with Gasteiger partial charge in [0.1, 0.15) is 5.82 Å². The molecule has 0 aromatic heterocycles. The standard InChI is InChI=1S/C14H22FN3O2S/c1-4-21(19,20)10-9-17-14(16-2)18(3)11-12-5-7-13(15)8-6-12/h5-8H,4,9-11H2,1-3H3,(H,16,17). The molecule has 0 aliphatic rings. The number of sulfone groups is 1. The van der Waals surface area contributed by atoms with E-state index in [4.69, 9.17) is 0 Å². The van der Waals surface area contributed by atoms with Gasteiger partial charge in [-0.3, -0.25) is 4.99 Å². The molecule has 7 heteroatoms. The molecule has 1 aromatic carbocycles.